The smallest absolute Gasteiger partial charge is 0.423 e. The van der Waals surface area contributed by atoms with Crippen LogP contribution in [0.2, 0.25) is 10.0 Å². The van der Waals surface area contributed by atoms with Crippen molar-refractivity contribution in [2.45, 2.75) is 6.92 Å². The Morgan fingerprint density at radius 2 is 1.93 bits per heavy atom. The molecular weight excluding hydrogens is 226 g/mol. The summed E-state index contributed by atoms with van der Waals surface area (Å²) < 4.78 is 0. The highest BCUT2D eigenvalue weighted by Crippen LogP contribution is 2.19. The van der Waals surface area contributed by atoms with Crippen molar-refractivity contribution in [1.29, 1.82) is 0 Å². The van der Waals surface area contributed by atoms with E-state index >= 15 is 0 Å². The Labute approximate surface area is 91.4 Å². The quantitative estimate of drug-likeness (QED) is 0.588. The first kappa shape index (κ1) is 11.5. The Bertz CT molecular complexity index is 379. The maximum absolute atomic E-state index is 11.1. The van der Waals surface area contributed by atoms with Crippen molar-refractivity contribution in [2.75, 3.05) is 0 Å². The molecule has 0 fully saturated rings. The minimum atomic E-state index is -1.78. The number of hydrogen-bond acceptors (Lipinski definition) is 3. The Balaban J connectivity index is 3.41. The number of hydrogen-bond donors (Lipinski definition) is 2. The predicted molar refractivity (Wildman–Crippen MR) is 56.3 cm³/mol. The summed E-state index contributed by atoms with van der Waals surface area (Å²) in [4.78, 5) is 11.1. The largest absolute Gasteiger partial charge is 0.491 e. The summed E-state index contributed by atoms with van der Waals surface area (Å²) in [5.74, 6) is -0.256. The molecule has 0 aliphatic rings. The van der Waals surface area contributed by atoms with Crippen LogP contribution in [-0.2, 0) is 0 Å². The molecule has 74 valence electrons. The molecule has 0 saturated heterocycles. The summed E-state index contributed by atoms with van der Waals surface area (Å²) in [6.07, 6.45) is 0. The molecule has 0 atom stereocenters. The molecule has 0 amide bonds. The van der Waals surface area contributed by atoms with Crippen molar-refractivity contribution in [3.63, 3.8) is 0 Å². The molecule has 0 aliphatic carbocycles. The van der Waals surface area contributed by atoms with Gasteiger partial charge in [-0.3, -0.25) is 4.79 Å². The van der Waals surface area contributed by atoms with Crippen molar-refractivity contribution in [3.05, 3.63) is 27.7 Å². The van der Waals surface area contributed by atoms with Crippen molar-refractivity contribution < 1.29 is 14.8 Å². The van der Waals surface area contributed by atoms with Crippen LogP contribution in [0.15, 0.2) is 12.1 Å². The minimum absolute atomic E-state index is 0.0139. The molecule has 1 aromatic carbocycles. The van der Waals surface area contributed by atoms with Crippen LogP contribution in [0.4, 0.5) is 0 Å². The van der Waals surface area contributed by atoms with Crippen LogP contribution in [0.3, 0.4) is 0 Å². The Morgan fingerprint density at radius 3 is 2.36 bits per heavy atom. The molecule has 2 N–H and O–H groups in total. The molecule has 6 heteroatoms. The zero-order valence-corrected chi connectivity index (χ0v) is 8.80. The lowest BCUT2D eigenvalue weighted by Gasteiger charge is -2.08. The fourth-order valence-electron chi connectivity index (χ4n) is 1.08. The molecular formula is C8H7BCl2O3. The van der Waals surface area contributed by atoms with Crippen molar-refractivity contribution in [2.24, 2.45) is 0 Å². The van der Waals surface area contributed by atoms with Crippen molar-refractivity contribution in [3.8, 4) is 0 Å². The van der Waals surface area contributed by atoms with E-state index in [1.54, 1.807) is 0 Å². The molecule has 0 aromatic heterocycles. The van der Waals surface area contributed by atoms with Crippen LogP contribution < -0.4 is 5.46 Å². The molecule has 0 spiro atoms. The molecule has 0 saturated carbocycles. The molecule has 0 bridgehead atoms. The third kappa shape index (κ3) is 2.09. The summed E-state index contributed by atoms with van der Waals surface area (Å²) in [5.41, 5.74) is 0.181. The topological polar surface area (TPSA) is 57.5 Å². The molecule has 3 nitrogen and oxygen atoms in total. The molecule has 0 aliphatic heterocycles. The van der Waals surface area contributed by atoms with Gasteiger partial charge in [-0.15, -0.1) is 0 Å². The monoisotopic (exact) mass is 232 g/mol. The molecule has 0 unspecified atom stereocenters. The number of carbonyl (C=O) groups is 1. The van der Waals surface area contributed by atoms with Crippen LogP contribution >= 0.6 is 23.2 Å². The van der Waals surface area contributed by atoms with E-state index in [0.29, 0.717) is 0 Å². The van der Waals surface area contributed by atoms with E-state index in [0.717, 1.165) is 0 Å². The van der Waals surface area contributed by atoms with Crippen LogP contribution in [0, 0.1) is 0 Å². The van der Waals surface area contributed by atoms with Gasteiger partial charge in [0.25, 0.3) is 0 Å². The fraction of sp³-hybridized carbons (Fsp3) is 0.125. The lowest BCUT2D eigenvalue weighted by molar-refractivity contribution is 0.101. The second-order valence-electron chi connectivity index (χ2n) is 2.75. The number of halogens is 2. The highest BCUT2D eigenvalue weighted by molar-refractivity contribution is 6.66. The van der Waals surface area contributed by atoms with Gasteiger partial charge in [-0.25, -0.2) is 0 Å². The zero-order valence-electron chi connectivity index (χ0n) is 7.29. The highest BCUT2D eigenvalue weighted by Gasteiger charge is 2.22. The number of rotatable bonds is 2. The second kappa shape index (κ2) is 4.32. The van der Waals surface area contributed by atoms with Crippen molar-refractivity contribution >= 4 is 41.6 Å². The number of benzene rings is 1. The molecule has 1 rings (SSSR count). The van der Waals surface area contributed by atoms with E-state index in [1.165, 1.54) is 19.1 Å². The van der Waals surface area contributed by atoms with Crippen LogP contribution in [0.5, 0.6) is 0 Å². The first-order valence-corrected chi connectivity index (χ1v) is 4.55. The minimum Gasteiger partial charge on any atom is -0.423 e. The third-order valence-electron chi connectivity index (χ3n) is 1.76. The molecule has 1 aromatic rings. The summed E-state index contributed by atoms with van der Waals surface area (Å²) >= 11 is 11.5. The summed E-state index contributed by atoms with van der Waals surface area (Å²) in [6, 6.07) is 2.85. The Hall–Kier alpha value is -0.545. The van der Waals surface area contributed by atoms with Crippen LogP contribution in [-0.4, -0.2) is 22.9 Å². The van der Waals surface area contributed by atoms with Gasteiger partial charge in [-0.05, 0) is 19.1 Å². The normalized spacial score (nSPS) is 10.1. The van der Waals surface area contributed by atoms with Crippen LogP contribution in [0.1, 0.15) is 17.3 Å². The van der Waals surface area contributed by atoms with Gasteiger partial charge >= 0.3 is 7.12 Å². The van der Waals surface area contributed by atoms with Gasteiger partial charge in [0.1, 0.15) is 0 Å². The van der Waals surface area contributed by atoms with E-state index in [4.69, 9.17) is 33.2 Å². The van der Waals surface area contributed by atoms with E-state index < -0.39 is 7.12 Å². The van der Waals surface area contributed by atoms with Gasteiger partial charge in [-0.2, -0.15) is 0 Å². The summed E-state index contributed by atoms with van der Waals surface area (Å²) in [5, 5.41) is 18.0. The third-order valence-corrected chi connectivity index (χ3v) is 2.50. The van der Waals surface area contributed by atoms with E-state index in [9.17, 15) is 4.79 Å². The van der Waals surface area contributed by atoms with Crippen LogP contribution in [0.25, 0.3) is 0 Å². The average molecular weight is 233 g/mol. The van der Waals surface area contributed by atoms with Crippen molar-refractivity contribution in [1.82, 2.24) is 0 Å². The van der Waals surface area contributed by atoms with E-state index in [-0.39, 0.29) is 26.9 Å². The van der Waals surface area contributed by atoms with Gasteiger partial charge in [0.05, 0.1) is 5.02 Å². The average Bonchev–Trinajstić information content (AvgIpc) is 2.02. The lowest BCUT2D eigenvalue weighted by Crippen LogP contribution is -2.32. The predicted octanol–water partition coefficient (Wildman–Crippen LogP) is 0.876. The van der Waals surface area contributed by atoms with Gasteiger partial charge in [-0.1, -0.05) is 23.2 Å². The highest BCUT2D eigenvalue weighted by atomic mass is 35.5. The number of ketones is 1. The first-order valence-electron chi connectivity index (χ1n) is 3.80. The van der Waals surface area contributed by atoms with Gasteiger partial charge in [0, 0.05) is 16.0 Å². The van der Waals surface area contributed by atoms with Gasteiger partial charge in [0.15, 0.2) is 5.78 Å². The van der Waals surface area contributed by atoms with E-state index in [1.807, 2.05) is 0 Å². The summed E-state index contributed by atoms with van der Waals surface area (Å²) in [6.45, 7) is 1.34. The second-order valence-corrected chi connectivity index (χ2v) is 3.54. The van der Waals surface area contributed by atoms with E-state index in [2.05, 4.69) is 0 Å². The number of carbonyl (C=O) groups excluding carboxylic acids is 1. The standard InChI is InChI=1S/C8H7BCl2O3/c1-4(12)5-2-3-6(10)7(8(5)11)9(13)14/h2-3,13-14H,1H3. The van der Waals surface area contributed by atoms with Gasteiger partial charge < -0.3 is 10.0 Å². The maximum Gasteiger partial charge on any atom is 0.491 e. The summed E-state index contributed by atoms with van der Waals surface area (Å²) in [7, 11) is -1.78. The lowest BCUT2D eigenvalue weighted by atomic mass is 9.79. The Morgan fingerprint density at radius 1 is 1.36 bits per heavy atom. The SMILES string of the molecule is CC(=O)c1ccc(Cl)c(B(O)O)c1Cl. The maximum atomic E-state index is 11.1. The Kier molecular flexibility index (Phi) is 3.56. The van der Waals surface area contributed by atoms with Gasteiger partial charge in [0.2, 0.25) is 0 Å². The molecule has 0 radical (unpaired) electrons. The number of Topliss-reactive ketones (excluding diaryl/α,β-unsaturated/α-hetero) is 1. The zero-order chi connectivity index (χ0) is 10.9. The fourth-order valence-corrected chi connectivity index (χ4v) is 1.78. The molecule has 0 heterocycles. The first-order chi connectivity index (χ1) is 6.45. The molecule has 14 heavy (non-hydrogen) atoms.